The fraction of sp³-hybridized carbons (Fsp3) is 0.235. The molecule has 2 rings (SSSR count). The van der Waals surface area contributed by atoms with Crippen LogP contribution in [0.2, 0.25) is 0 Å². The van der Waals surface area contributed by atoms with Crippen LogP contribution in [0, 0.1) is 0 Å². The standard InChI is InChI=1S/C17H17F3N2O/c1-22(11-10-13-6-3-2-4-7-13)16(23)21-15-9-5-8-14(12-15)17(18,19)20/h2-9,12H,10-11H2,1H3,(H,21,23). The molecule has 0 heterocycles. The maximum absolute atomic E-state index is 12.6. The summed E-state index contributed by atoms with van der Waals surface area (Å²) in [5.74, 6) is 0. The molecular weight excluding hydrogens is 305 g/mol. The Morgan fingerprint density at radius 3 is 2.43 bits per heavy atom. The third-order valence-corrected chi connectivity index (χ3v) is 3.37. The molecule has 6 heteroatoms. The lowest BCUT2D eigenvalue weighted by atomic mass is 10.1. The summed E-state index contributed by atoms with van der Waals surface area (Å²) in [4.78, 5) is 13.5. The summed E-state index contributed by atoms with van der Waals surface area (Å²) < 4.78 is 37.9. The zero-order valence-corrected chi connectivity index (χ0v) is 12.6. The van der Waals surface area contributed by atoms with E-state index in [2.05, 4.69) is 5.32 Å². The Hall–Kier alpha value is -2.50. The molecule has 0 aliphatic rings. The predicted molar refractivity (Wildman–Crippen MR) is 83.2 cm³/mol. The van der Waals surface area contributed by atoms with Gasteiger partial charge >= 0.3 is 12.2 Å². The second kappa shape index (κ2) is 7.17. The molecule has 2 amide bonds. The molecule has 23 heavy (non-hydrogen) atoms. The number of nitrogens with zero attached hydrogens (tertiary/aromatic N) is 1. The third-order valence-electron chi connectivity index (χ3n) is 3.37. The number of halogens is 3. The Kier molecular flexibility index (Phi) is 5.26. The van der Waals surface area contributed by atoms with Gasteiger partial charge in [0.2, 0.25) is 0 Å². The van der Waals surface area contributed by atoms with E-state index in [0.717, 1.165) is 17.7 Å². The Balaban J connectivity index is 1.93. The fourth-order valence-electron chi connectivity index (χ4n) is 2.04. The molecule has 2 aromatic carbocycles. The maximum atomic E-state index is 12.6. The summed E-state index contributed by atoms with van der Waals surface area (Å²) in [7, 11) is 1.60. The van der Waals surface area contributed by atoms with Gasteiger partial charge in [0.25, 0.3) is 0 Å². The normalized spacial score (nSPS) is 11.1. The number of hydrogen-bond donors (Lipinski definition) is 1. The van der Waals surface area contributed by atoms with Crippen molar-refractivity contribution in [3.8, 4) is 0 Å². The van der Waals surface area contributed by atoms with Crippen LogP contribution < -0.4 is 5.32 Å². The highest BCUT2D eigenvalue weighted by Gasteiger charge is 2.30. The van der Waals surface area contributed by atoms with Gasteiger partial charge in [0.05, 0.1) is 5.56 Å². The van der Waals surface area contributed by atoms with Crippen molar-refractivity contribution >= 4 is 11.7 Å². The molecule has 0 spiro atoms. The van der Waals surface area contributed by atoms with Crippen molar-refractivity contribution in [2.75, 3.05) is 18.9 Å². The Morgan fingerprint density at radius 1 is 1.09 bits per heavy atom. The van der Waals surface area contributed by atoms with Crippen LogP contribution in [0.25, 0.3) is 0 Å². The molecule has 0 aliphatic carbocycles. The second-order valence-electron chi connectivity index (χ2n) is 5.17. The molecule has 2 aromatic rings. The number of rotatable bonds is 4. The van der Waals surface area contributed by atoms with E-state index >= 15 is 0 Å². The lowest BCUT2D eigenvalue weighted by Gasteiger charge is -2.18. The zero-order chi connectivity index (χ0) is 16.9. The molecule has 1 N–H and O–H groups in total. The zero-order valence-electron chi connectivity index (χ0n) is 12.6. The number of alkyl halides is 3. The summed E-state index contributed by atoms with van der Waals surface area (Å²) in [6.45, 7) is 0.467. The largest absolute Gasteiger partial charge is 0.416 e. The van der Waals surface area contributed by atoms with Crippen LogP contribution in [0.3, 0.4) is 0 Å². The summed E-state index contributed by atoms with van der Waals surface area (Å²) in [5.41, 5.74) is 0.421. The number of carbonyl (C=O) groups excluding carboxylic acids is 1. The molecule has 0 aromatic heterocycles. The first-order chi connectivity index (χ1) is 10.9. The highest BCUT2D eigenvalue weighted by atomic mass is 19.4. The van der Waals surface area contributed by atoms with Gasteiger partial charge in [-0.2, -0.15) is 13.2 Å². The topological polar surface area (TPSA) is 32.3 Å². The highest BCUT2D eigenvalue weighted by Crippen LogP contribution is 2.30. The molecule has 0 radical (unpaired) electrons. The molecule has 0 saturated heterocycles. The first kappa shape index (κ1) is 16.9. The fourth-order valence-corrected chi connectivity index (χ4v) is 2.04. The van der Waals surface area contributed by atoms with Gasteiger partial charge in [0.1, 0.15) is 0 Å². The number of likely N-dealkylation sites (N-methyl/N-ethyl adjacent to an activating group) is 1. The molecule has 122 valence electrons. The number of urea groups is 1. The quantitative estimate of drug-likeness (QED) is 0.888. The van der Waals surface area contributed by atoms with E-state index in [1.165, 1.54) is 17.0 Å². The number of benzene rings is 2. The molecule has 0 saturated carbocycles. The second-order valence-corrected chi connectivity index (χ2v) is 5.17. The van der Waals surface area contributed by atoms with Gasteiger partial charge in [-0.1, -0.05) is 36.4 Å². The SMILES string of the molecule is CN(CCc1ccccc1)C(=O)Nc1cccc(C(F)(F)F)c1. The van der Waals surface area contributed by atoms with Crippen molar-refractivity contribution in [2.24, 2.45) is 0 Å². The summed E-state index contributed by atoms with van der Waals surface area (Å²) in [6, 6.07) is 13.8. The summed E-state index contributed by atoms with van der Waals surface area (Å²) in [6.07, 6.45) is -3.76. The predicted octanol–water partition coefficient (Wildman–Crippen LogP) is 4.41. The molecule has 3 nitrogen and oxygen atoms in total. The van der Waals surface area contributed by atoms with Crippen LogP contribution in [0.4, 0.5) is 23.7 Å². The van der Waals surface area contributed by atoms with Crippen LogP contribution >= 0.6 is 0 Å². The molecule has 0 bridgehead atoms. The molecule has 0 atom stereocenters. The van der Waals surface area contributed by atoms with Crippen molar-refractivity contribution < 1.29 is 18.0 Å². The molecule has 0 unspecified atom stereocenters. The van der Waals surface area contributed by atoms with Crippen molar-refractivity contribution in [3.05, 3.63) is 65.7 Å². The number of hydrogen-bond acceptors (Lipinski definition) is 1. The van der Waals surface area contributed by atoms with Crippen molar-refractivity contribution in [1.29, 1.82) is 0 Å². The maximum Gasteiger partial charge on any atom is 0.416 e. The Morgan fingerprint density at radius 2 is 1.78 bits per heavy atom. The van der Waals surface area contributed by atoms with Gasteiger partial charge in [-0.25, -0.2) is 4.79 Å². The van der Waals surface area contributed by atoms with E-state index in [9.17, 15) is 18.0 Å². The van der Waals surface area contributed by atoms with Crippen LogP contribution in [-0.4, -0.2) is 24.5 Å². The number of amides is 2. The monoisotopic (exact) mass is 322 g/mol. The minimum atomic E-state index is -4.43. The van der Waals surface area contributed by atoms with E-state index in [1.54, 1.807) is 7.05 Å². The van der Waals surface area contributed by atoms with Gasteiger partial charge < -0.3 is 10.2 Å². The number of carbonyl (C=O) groups is 1. The van der Waals surface area contributed by atoms with Crippen molar-refractivity contribution in [1.82, 2.24) is 4.90 Å². The average Bonchev–Trinajstić information content (AvgIpc) is 2.53. The first-order valence-electron chi connectivity index (χ1n) is 7.09. The van der Waals surface area contributed by atoms with E-state index in [-0.39, 0.29) is 5.69 Å². The van der Waals surface area contributed by atoms with Crippen LogP contribution in [0.1, 0.15) is 11.1 Å². The lowest BCUT2D eigenvalue weighted by Crippen LogP contribution is -2.33. The van der Waals surface area contributed by atoms with Crippen molar-refractivity contribution in [2.45, 2.75) is 12.6 Å². The number of nitrogens with one attached hydrogen (secondary N) is 1. The minimum absolute atomic E-state index is 0.122. The smallest absolute Gasteiger partial charge is 0.327 e. The molecule has 0 aliphatic heterocycles. The lowest BCUT2D eigenvalue weighted by molar-refractivity contribution is -0.137. The van der Waals surface area contributed by atoms with E-state index < -0.39 is 17.8 Å². The Bertz CT molecular complexity index is 656. The van der Waals surface area contributed by atoms with Gasteiger partial charge in [-0.05, 0) is 30.2 Å². The number of anilines is 1. The van der Waals surface area contributed by atoms with Crippen LogP contribution in [-0.2, 0) is 12.6 Å². The van der Waals surface area contributed by atoms with Gasteiger partial charge in [0, 0.05) is 19.3 Å². The Labute approximate surface area is 132 Å². The third kappa shape index (κ3) is 5.02. The van der Waals surface area contributed by atoms with Crippen LogP contribution in [0.15, 0.2) is 54.6 Å². The summed E-state index contributed by atoms with van der Waals surface area (Å²) >= 11 is 0. The van der Waals surface area contributed by atoms with E-state index in [1.807, 2.05) is 30.3 Å². The average molecular weight is 322 g/mol. The highest BCUT2D eigenvalue weighted by molar-refractivity contribution is 5.89. The molecular formula is C17H17F3N2O. The first-order valence-corrected chi connectivity index (χ1v) is 7.09. The minimum Gasteiger partial charge on any atom is -0.327 e. The summed E-state index contributed by atoms with van der Waals surface area (Å²) in [5, 5.41) is 2.48. The van der Waals surface area contributed by atoms with Gasteiger partial charge in [0.15, 0.2) is 0 Å². The van der Waals surface area contributed by atoms with Gasteiger partial charge in [-0.15, -0.1) is 0 Å². The van der Waals surface area contributed by atoms with E-state index in [0.29, 0.717) is 13.0 Å². The molecule has 0 fully saturated rings. The van der Waals surface area contributed by atoms with Crippen molar-refractivity contribution in [3.63, 3.8) is 0 Å². The van der Waals surface area contributed by atoms with E-state index in [4.69, 9.17) is 0 Å². The van der Waals surface area contributed by atoms with Gasteiger partial charge in [-0.3, -0.25) is 0 Å². The van der Waals surface area contributed by atoms with Crippen LogP contribution in [0.5, 0.6) is 0 Å².